The van der Waals surface area contributed by atoms with E-state index in [2.05, 4.69) is 25.8 Å². The Bertz CT molecular complexity index is 542. The first-order valence-corrected chi connectivity index (χ1v) is 9.65. The van der Waals surface area contributed by atoms with Crippen LogP contribution in [-0.4, -0.2) is 63.8 Å². The summed E-state index contributed by atoms with van der Waals surface area (Å²) in [4.78, 5) is 33.0. The molecule has 24 heavy (non-hydrogen) atoms. The maximum atomic E-state index is 12.7. The van der Waals surface area contributed by atoms with E-state index in [1.54, 1.807) is 18.0 Å². The van der Waals surface area contributed by atoms with Crippen LogP contribution in [-0.2, 0) is 16.0 Å². The zero-order valence-corrected chi connectivity index (χ0v) is 15.6. The normalized spacial score (nSPS) is 16.3. The second-order valence-electron chi connectivity index (χ2n) is 6.32. The molecule has 2 heterocycles. The molecule has 0 spiro atoms. The van der Waals surface area contributed by atoms with Gasteiger partial charge in [0.1, 0.15) is 0 Å². The van der Waals surface area contributed by atoms with E-state index in [0.717, 1.165) is 11.4 Å². The van der Waals surface area contributed by atoms with E-state index in [1.165, 1.54) is 0 Å². The largest absolute Gasteiger partial charge is 0.339 e. The van der Waals surface area contributed by atoms with Crippen molar-refractivity contribution in [1.82, 2.24) is 14.8 Å². The van der Waals surface area contributed by atoms with Crippen LogP contribution < -0.4 is 0 Å². The maximum Gasteiger partial charge on any atom is 0.236 e. The third-order valence-electron chi connectivity index (χ3n) is 4.20. The first-order chi connectivity index (χ1) is 11.5. The van der Waals surface area contributed by atoms with Crippen LogP contribution >= 0.6 is 11.8 Å². The van der Waals surface area contributed by atoms with Gasteiger partial charge in [-0.05, 0) is 23.8 Å². The van der Waals surface area contributed by atoms with Gasteiger partial charge in [0.2, 0.25) is 11.8 Å². The van der Waals surface area contributed by atoms with E-state index in [4.69, 9.17) is 0 Å². The molecular formula is C18H27N3O2S. The minimum Gasteiger partial charge on any atom is -0.339 e. The number of carbonyl (C=O) groups is 2. The number of amides is 2. The number of hydrogen-bond donors (Lipinski definition) is 0. The molecule has 0 radical (unpaired) electrons. The third kappa shape index (κ3) is 4.97. The van der Waals surface area contributed by atoms with Gasteiger partial charge in [-0.3, -0.25) is 14.6 Å². The number of piperazine rings is 1. The van der Waals surface area contributed by atoms with E-state index in [1.807, 2.05) is 28.0 Å². The average molecular weight is 350 g/mol. The number of carbonyl (C=O) groups excluding carboxylic acids is 2. The van der Waals surface area contributed by atoms with Crippen molar-refractivity contribution >= 4 is 23.6 Å². The van der Waals surface area contributed by atoms with E-state index in [-0.39, 0.29) is 17.1 Å². The monoisotopic (exact) mass is 349 g/mol. The van der Waals surface area contributed by atoms with Gasteiger partial charge in [-0.2, -0.15) is 0 Å². The van der Waals surface area contributed by atoms with Gasteiger partial charge in [-0.25, -0.2) is 0 Å². The van der Waals surface area contributed by atoms with Crippen molar-refractivity contribution in [2.75, 3.05) is 31.9 Å². The van der Waals surface area contributed by atoms with Gasteiger partial charge >= 0.3 is 0 Å². The fourth-order valence-electron chi connectivity index (χ4n) is 2.85. The molecule has 132 valence electrons. The highest BCUT2D eigenvalue weighted by Gasteiger charge is 2.30. The van der Waals surface area contributed by atoms with Crippen molar-refractivity contribution < 1.29 is 9.59 Å². The Kier molecular flexibility index (Phi) is 7.09. The van der Waals surface area contributed by atoms with Gasteiger partial charge in [-0.1, -0.05) is 26.8 Å². The van der Waals surface area contributed by atoms with Gasteiger partial charge in [-0.15, -0.1) is 11.8 Å². The Balaban J connectivity index is 1.86. The minimum absolute atomic E-state index is 0.0192. The summed E-state index contributed by atoms with van der Waals surface area (Å²) in [6.45, 7) is 8.75. The lowest BCUT2D eigenvalue weighted by Crippen LogP contribution is -2.53. The van der Waals surface area contributed by atoms with Gasteiger partial charge in [0, 0.05) is 38.1 Å². The lowest BCUT2D eigenvalue weighted by molar-refractivity contribution is -0.139. The SMILES string of the molecule is CCSC(C(=O)N1CCN(C(=O)Cc2ccccn2)CC1)C(C)C. The Labute approximate surface area is 148 Å². The second-order valence-corrected chi connectivity index (χ2v) is 7.74. The lowest BCUT2D eigenvalue weighted by Gasteiger charge is -2.37. The predicted molar refractivity (Wildman–Crippen MR) is 97.9 cm³/mol. The van der Waals surface area contributed by atoms with Gasteiger partial charge in [0.25, 0.3) is 0 Å². The summed E-state index contributed by atoms with van der Waals surface area (Å²) < 4.78 is 0. The van der Waals surface area contributed by atoms with Crippen molar-refractivity contribution in [2.45, 2.75) is 32.4 Å². The fourth-order valence-corrected chi connectivity index (χ4v) is 3.89. The summed E-state index contributed by atoms with van der Waals surface area (Å²) in [5.74, 6) is 1.57. The first-order valence-electron chi connectivity index (χ1n) is 8.61. The average Bonchev–Trinajstić information content (AvgIpc) is 2.60. The summed E-state index contributed by atoms with van der Waals surface area (Å²) >= 11 is 1.72. The molecule has 1 unspecified atom stereocenters. The van der Waals surface area contributed by atoms with E-state index < -0.39 is 0 Å². The highest BCUT2D eigenvalue weighted by Crippen LogP contribution is 2.22. The van der Waals surface area contributed by atoms with E-state index >= 15 is 0 Å². The number of rotatable bonds is 6. The van der Waals surface area contributed by atoms with Crippen LogP contribution in [0.25, 0.3) is 0 Å². The number of nitrogens with zero attached hydrogens (tertiary/aromatic N) is 3. The number of aromatic nitrogens is 1. The molecule has 0 saturated carbocycles. The zero-order chi connectivity index (χ0) is 17.5. The van der Waals surface area contributed by atoms with Crippen LogP contribution in [0.1, 0.15) is 26.5 Å². The molecule has 2 rings (SSSR count). The quantitative estimate of drug-likeness (QED) is 0.789. The van der Waals surface area contributed by atoms with Crippen molar-refractivity contribution in [3.8, 4) is 0 Å². The van der Waals surface area contributed by atoms with Crippen LogP contribution in [0, 0.1) is 5.92 Å². The number of thioether (sulfide) groups is 1. The summed E-state index contributed by atoms with van der Waals surface area (Å²) in [5, 5.41) is 0.0192. The van der Waals surface area contributed by atoms with Crippen molar-refractivity contribution in [3.05, 3.63) is 30.1 Å². The molecule has 0 aromatic carbocycles. The smallest absolute Gasteiger partial charge is 0.236 e. The summed E-state index contributed by atoms with van der Waals surface area (Å²) in [7, 11) is 0. The molecule has 1 aliphatic rings. The first kappa shape index (κ1) is 18.8. The molecule has 6 heteroatoms. The third-order valence-corrected chi connectivity index (χ3v) is 5.64. The zero-order valence-electron chi connectivity index (χ0n) is 14.8. The topological polar surface area (TPSA) is 53.5 Å². The minimum atomic E-state index is 0.0192. The highest BCUT2D eigenvalue weighted by atomic mass is 32.2. The molecule has 1 aromatic heterocycles. The van der Waals surface area contributed by atoms with Gasteiger partial charge in [0.15, 0.2) is 0 Å². The van der Waals surface area contributed by atoms with Crippen LogP contribution in [0.5, 0.6) is 0 Å². The molecule has 1 fully saturated rings. The van der Waals surface area contributed by atoms with Crippen molar-refractivity contribution in [2.24, 2.45) is 5.92 Å². The van der Waals surface area contributed by atoms with Crippen LogP contribution in [0.3, 0.4) is 0 Å². The number of pyridine rings is 1. The standard InChI is InChI=1S/C18H27N3O2S/c1-4-24-17(14(2)3)18(23)21-11-9-20(10-12-21)16(22)13-15-7-5-6-8-19-15/h5-8,14,17H,4,9-13H2,1-3H3. The molecule has 0 bridgehead atoms. The molecule has 5 nitrogen and oxygen atoms in total. The molecular weight excluding hydrogens is 322 g/mol. The Morgan fingerprint density at radius 2 is 1.83 bits per heavy atom. The van der Waals surface area contributed by atoms with E-state index in [9.17, 15) is 9.59 Å². The lowest BCUT2D eigenvalue weighted by atomic mass is 10.1. The molecule has 2 amide bonds. The Morgan fingerprint density at radius 3 is 2.38 bits per heavy atom. The van der Waals surface area contributed by atoms with Gasteiger partial charge in [0.05, 0.1) is 11.7 Å². The molecule has 1 aliphatic heterocycles. The van der Waals surface area contributed by atoms with Crippen molar-refractivity contribution in [1.29, 1.82) is 0 Å². The fraction of sp³-hybridized carbons (Fsp3) is 0.611. The Morgan fingerprint density at radius 1 is 1.17 bits per heavy atom. The molecule has 0 N–H and O–H groups in total. The second kappa shape index (κ2) is 9.06. The van der Waals surface area contributed by atoms with Crippen LogP contribution in [0.2, 0.25) is 0 Å². The summed E-state index contributed by atoms with van der Waals surface area (Å²) in [5.41, 5.74) is 0.792. The highest BCUT2D eigenvalue weighted by molar-refractivity contribution is 8.00. The molecule has 1 atom stereocenters. The summed E-state index contributed by atoms with van der Waals surface area (Å²) in [6.07, 6.45) is 2.03. The summed E-state index contributed by atoms with van der Waals surface area (Å²) in [6, 6.07) is 5.61. The van der Waals surface area contributed by atoms with E-state index in [0.29, 0.717) is 38.5 Å². The predicted octanol–water partition coefficient (Wildman–Crippen LogP) is 2.07. The van der Waals surface area contributed by atoms with Gasteiger partial charge < -0.3 is 9.80 Å². The van der Waals surface area contributed by atoms with Crippen molar-refractivity contribution in [3.63, 3.8) is 0 Å². The maximum absolute atomic E-state index is 12.7. The molecule has 1 saturated heterocycles. The molecule has 1 aromatic rings. The number of hydrogen-bond acceptors (Lipinski definition) is 4. The van der Waals surface area contributed by atoms with Crippen LogP contribution in [0.4, 0.5) is 0 Å². The molecule has 0 aliphatic carbocycles. The van der Waals surface area contributed by atoms with Crippen LogP contribution in [0.15, 0.2) is 24.4 Å². The Hall–Kier alpha value is -1.56.